The van der Waals surface area contributed by atoms with E-state index in [4.69, 9.17) is 11.7 Å². The predicted molar refractivity (Wildman–Crippen MR) is 35.3 cm³/mol. The van der Waals surface area contributed by atoms with Gasteiger partial charge in [-0.3, -0.25) is 0 Å². The maximum atomic E-state index is 5.29. The molecule has 4 N–H and O–H groups in total. The summed E-state index contributed by atoms with van der Waals surface area (Å²) < 4.78 is 0. The van der Waals surface area contributed by atoms with Crippen LogP contribution in [0.5, 0.6) is 0 Å². The van der Waals surface area contributed by atoms with Crippen LogP contribution in [0.2, 0.25) is 0 Å². The third-order valence-corrected chi connectivity index (χ3v) is 1.20. The van der Waals surface area contributed by atoms with Crippen molar-refractivity contribution in [1.29, 1.82) is 0 Å². The second kappa shape index (κ2) is 2.19. The maximum Gasteiger partial charge on any atom is 0.278 e. The van der Waals surface area contributed by atoms with Gasteiger partial charge in [-0.25, -0.2) is 10.9 Å². The fourth-order valence-electron chi connectivity index (χ4n) is 0.406. The summed E-state index contributed by atoms with van der Waals surface area (Å²) in [7, 11) is 0. The smallest absolute Gasteiger partial charge is 0.278 e. The Morgan fingerprint density at radius 2 is 2.44 bits per heavy atom. The summed E-state index contributed by atoms with van der Waals surface area (Å²) in [4.78, 5) is 0. The zero-order valence-corrected chi connectivity index (χ0v) is 5.36. The summed E-state index contributed by atoms with van der Waals surface area (Å²) in [5.74, 6) is 10.3. The van der Waals surface area contributed by atoms with Crippen molar-refractivity contribution >= 4 is 18.6 Å². The highest BCUT2D eigenvalue weighted by Crippen LogP contribution is 2.09. The molecule has 0 aromatic carbocycles. The monoisotopic (exact) mass is 146 g/mol. The van der Waals surface area contributed by atoms with Crippen molar-refractivity contribution in [2.45, 2.75) is 5.50 Å². The maximum absolute atomic E-state index is 5.29. The first-order valence-corrected chi connectivity index (χ1v) is 2.68. The Bertz CT molecular complexity index is 162. The molecule has 1 atom stereocenters. The summed E-state index contributed by atoms with van der Waals surface area (Å²) in [6.45, 7) is 0. The van der Waals surface area contributed by atoms with Crippen molar-refractivity contribution in [3.63, 3.8) is 0 Å². The van der Waals surface area contributed by atoms with Gasteiger partial charge in [0.1, 0.15) is 0 Å². The molecule has 0 aromatic heterocycles. The summed E-state index contributed by atoms with van der Waals surface area (Å²) in [6.07, 6.45) is 0. The molecule has 1 unspecified atom stereocenters. The highest BCUT2D eigenvalue weighted by Gasteiger charge is 2.20. The molecule has 1 aliphatic rings. The first-order valence-electron chi connectivity index (χ1n) is 2.16. The molecule has 0 fully saturated rings. The standard InChI is InChI=1S/C2H6N6S/c3-5-1-6-7-2(9)8(1)4/h2,9H,3-4H2/b5-1+. The Morgan fingerprint density at radius 1 is 1.78 bits per heavy atom. The van der Waals surface area contributed by atoms with Gasteiger partial charge in [-0.2, -0.15) is 0 Å². The van der Waals surface area contributed by atoms with Crippen LogP contribution < -0.4 is 11.7 Å². The third kappa shape index (κ3) is 0.958. The number of nitrogens with two attached hydrogens (primary N) is 2. The van der Waals surface area contributed by atoms with E-state index in [0.29, 0.717) is 0 Å². The molecule has 0 saturated heterocycles. The summed E-state index contributed by atoms with van der Waals surface area (Å²) in [5, 5.41) is 11.4. The SMILES string of the molecule is N/N=C1\N=NC(S)N1N. The number of hydrogen-bond acceptors (Lipinski definition) is 5. The summed E-state index contributed by atoms with van der Waals surface area (Å²) >= 11 is 3.90. The third-order valence-electron chi connectivity index (χ3n) is 0.846. The number of nitrogens with zero attached hydrogens (tertiary/aromatic N) is 4. The van der Waals surface area contributed by atoms with Gasteiger partial charge in [0, 0.05) is 0 Å². The van der Waals surface area contributed by atoms with Crippen LogP contribution in [0.3, 0.4) is 0 Å². The normalized spacial score (nSPS) is 30.2. The van der Waals surface area contributed by atoms with Gasteiger partial charge >= 0.3 is 0 Å². The molecule has 7 heteroatoms. The van der Waals surface area contributed by atoms with Gasteiger partial charge in [0.15, 0.2) is 0 Å². The van der Waals surface area contributed by atoms with Crippen LogP contribution in [-0.4, -0.2) is 16.5 Å². The van der Waals surface area contributed by atoms with E-state index in [0.717, 1.165) is 5.01 Å². The van der Waals surface area contributed by atoms with Crippen molar-refractivity contribution in [3.8, 4) is 0 Å². The number of hydrogen-bond donors (Lipinski definition) is 3. The van der Waals surface area contributed by atoms with E-state index in [1.807, 2.05) is 0 Å². The molecule has 1 rings (SSSR count). The average Bonchev–Trinajstić information content (AvgIpc) is 2.15. The van der Waals surface area contributed by atoms with E-state index in [1.165, 1.54) is 0 Å². The first-order chi connectivity index (χ1) is 4.25. The van der Waals surface area contributed by atoms with Gasteiger partial charge in [0.25, 0.3) is 5.96 Å². The van der Waals surface area contributed by atoms with Crippen molar-refractivity contribution in [1.82, 2.24) is 5.01 Å². The number of thiol groups is 1. The van der Waals surface area contributed by atoms with Gasteiger partial charge in [-0.1, -0.05) is 0 Å². The molecule has 6 nitrogen and oxygen atoms in total. The number of guanidine groups is 1. The van der Waals surface area contributed by atoms with E-state index >= 15 is 0 Å². The molecule has 0 bridgehead atoms. The van der Waals surface area contributed by atoms with Crippen molar-refractivity contribution in [3.05, 3.63) is 0 Å². The molecule has 0 spiro atoms. The molecule has 50 valence electrons. The Kier molecular flexibility index (Phi) is 1.54. The van der Waals surface area contributed by atoms with E-state index in [1.54, 1.807) is 0 Å². The number of azo groups is 1. The Balaban J connectivity index is 2.74. The van der Waals surface area contributed by atoms with Gasteiger partial charge in [0.05, 0.1) is 0 Å². The fraction of sp³-hybridized carbons (Fsp3) is 0.500. The van der Waals surface area contributed by atoms with Crippen LogP contribution in [0.15, 0.2) is 15.3 Å². The van der Waals surface area contributed by atoms with E-state index in [-0.39, 0.29) is 5.96 Å². The quantitative estimate of drug-likeness (QED) is 0.234. The minimum absolute atomic E-state index is 0.190. The molecular formula is C2H6N6S. The highest BCUT2D eigenvalue weighted by atomic mass is 32.1. The average molecular weight is 146 g/mol. The predicted octanol–water partition coefficient (Wildman–Crippen LogP) is -0.929. The molecule has 0 radical (unpaired) electrons. The Labute approximate surface area is 57.0 Å². The molecule has 0 amide bonds. The Morgan fingerprint density at radius 3 is 2.67 bits per heavy atom. The van der Waals surface area contributed by atoms with E-state index in [9.17, 15) is 0 Å². The number of rotatable bonds is 0. The van der Waals surface area contributed by atoms with Gasteiger partial charge in [0.2, 0.25) is 5.50 Å². The molecule has 0 aromatic rings. The molecular weight excluding hydrogens is 140 g/mol. The zero-order chi connectivity index (χ0) is 6.85. The minimum atomic E-state index is -0.452. The molecule has 1 heterocycles. The van der Waals surface area contributed by atoms with Crippen LogP contribution in [0.1, 0.15) is 0 Å². The molecule has 0 aliphatic carbocycles. The Hall–Kier alpha value is -0.820. The summed E-state index contributed by atoms with van der Waals surface area (Å²) in [6, 6.07) is 0. The minimum Gasteiger partial charge on any atom is -0.320 e. The van der Waals surface area contributed by atoms with Crippen LogP contribution >= 0.6 is 12.6 Å². The van der Waals surface area contributed by atoms with Crippen LogP contribution in [0, 0.1) is 0 Å². The highest BCUT2D eigenvalue weighted by molar-refractivity contribution is 7.80. The lowest BCUT2D eigenvalue weighted by molar-refractivity contribution is 0.444. The van der Waals surface area contributed by atoms with Crippen LogP contribution in [0.4, 0.5) is 0 Å². The first kappa shape index (κ1) is 6.30. The number of hydrazone groups is 1. The van der Waals surface area contributed by atoms with Crippen molar-refractivity contribution in [2.75, 3.05) is 0 Å². The van der Waals surface area contributed by atoms with Gasteiger partial charge in [-0.15, -0.1) is 28.0 Å². The zero-order valence-electron chi connectivity index (χ0n) is 4.47. The number of hydrazine groups is 1. The lowest BCUT2D eigenvalue weighted by Gasteiger charge is -2.10. The summed E-state index contributed by atoms with van der Waals surface area (Å²) in [5.41, 5.74) is -0.452. The topological polar surface area (TPSA) is 92.4 Å². The largest absolute Gasteiger partial charge is 0.320 e. The molecule has 1 aliphatic heterocycles. The molecule has 9 heavy (non-hydrogen) atoms. The van der Waals surface area contributed by atoms with Crippen molar-refractivity contribution < 1.29 is 0 Å². The lowest BCUT2D eigenvalue weighted by atomic mass is 10.9. The van der Waals surface area contributed by atoms with E-state index < -0.39 is 5.50 Å². The second-order valence-corrected chi connectivity index (χ2v) is 1.86. The van der Waals surface area contributed by atoms with Gasteiger partial charge in [-0.05, 0) is 0 Å². The second-order valence-electron chi connectivity index (χ2n) is 1.40. The molecule has 0 saturated carbocycles. The fourth-order valence-corrected chi connectivity index (χ4v) is 0.561. The van der Waals surface area contributed by atoms with Gasteiger partial charge < -0.3 is 5.84 Å². The lowest BCUT2D eigenvalue weighted by Crippen LogP contribution is -2.37. The van der Waals surface area contributed by atoms with Crippen LogP contribution in [-0.2, 0) is 0 Å². The van der Waals surface area contributed by atoms with Crippen LogP contribution in [0.25, 0.3) is 0 Å². The van der Waals surface area contributed by atoms with Crippen molar-refractivity contribution in [2.24, 2.45) is 27.0 Å². The van der Waals surface area contributed by atoms with E-state index in [2.05, 4.69) is 28.0 Å².